The van der Waals surface area contributed by atoms with Gasteiger partial charge in [-0.2, -0.15) is 127 Å². The molecule has 27 rings (SSSR count). The number of fused-ring (bicyclic) bond motifs is 36. The summed E-state index contributed by atoms with van der Waals surface area (Å²) in [6.45, 7) is 18.6. The molecule has 0 amide bonds. The molecule has 29 heteroatoms. The summed E-state index contributed by atoms with van der Waals surface area (Å²) in [5.41, 5.74) is 33.3. The fourth-order valence-electron chi connectivity index (χ4n) is 18.3. The van der Waals surface area contributed by atoms with Crippen LogP contribution in [0.15, 0.2) is 322 Å². The molecule has 0 bridgehead atoms. The number of oxime groups is 6. The first kappa shape index (κ1) is 101. The molecular weight excluding hydrogens is 2840 g/mol. The van der Waals surface area contributed by atoms with E-state index in [2.05, 4.69) is 221 Å². The van der Waals surface area contributed by atoms with Crippen molar-refractivity contribution in [3.63, 3.8) is 0 Å². The first-order valence-corrected chi connectivity index (χ1v) is 43.8. The van der Waals surface area contributed by atoms with Gasteiger partial charge in [-0.25, -0.2) is 4.39 Å². The van der Waals surface area contributed by atoms with Gasteiger partial charge in [-0.1, -0.05) is 205 Å². The Balaban J connectivity index is 0.000000121. The average molecular weight is 2920 g/mol. The van der Waals surface area contributed by atoms with Crippen LogP contribution in [0.5, 0.6) is 23.0 Å². The molecule has 6 radical (unpaired) electrons. The number of hydrogen-bond acceptors (Lipinski definition) is 22. The van der Waals surface area contributed by atoms with Crippen LogP contribution >= 0.6 is 0 Å². The molecule has 15 aromatic rings. The predicted octanol–water partition coefficient (Wildman–Crippen LogP) is 24.3. The molecule has 0 spiro atoms. The van der Waals surface area contributed by atoms with Crippen molar-refractivity contribution in [2.45, 2.75) is 39.5 Å². The van der Waals surface area contributed by atoms with Gasteiger partial charge in [-0.05, 0) is 164 Å². The van der Waals surface area contributed by atoms with Crippen LogP contribution in [-0.2, 0) is 150 Å². The number of para-hydroxylation sites is 6. The van der Waals surface area contributed by atoms with Gasteiger partial charge < -0.3 is 77.5 Å². The van der Waals surface area contributed by atoms with Crippen molar-refractivity contribution >= 4 is 74.8 Å². The minimum atomic E-state index is -0.285. The number of halogens is 1. The maximum atomic E-state index is 13.4. The number of nitrogens with zero attached hydrogens (tertiary/aromatic N) is 13. The van der Waals surface area contributed by atoms with Gasteiger partial charge >= 0.3 is 0 Å². The van der Waals surface area contributed by atoms with Gasteiger partial charge in [-0.3, -0.25) is 0 Å². The molecule has 0 unspecified atom stereocenters. The summed E-state index contributed by atoms with van der Waals surface area (Å²) in [5.74, 6) is 8.37. The Hall–Kier alpha value is -13.1. The fourth-order valence-corrected chi connectivity index (χ4v) is 18.3. The summed E-state index contributed by atoms with van der Waals surface area (Å²) in [6, 6.07) is 116. The summed E-state index contributed by atoms with van der Waals surface area (Å²) in [5, 5.41) is 24.8. The standard InChI is InChI=1S/C26H24N2O.C20H12N2O2.C20H12N2O.C17H15N3O2.C15H10N2O2.C14H7FN2O.6Ir/c1-16(2)19-9-7-10-20(17(3)4)25(19)18-12-13-21-22-8-5-6-11-24(22)28-15-29-27-26(28)23(21)14-18;1-2-6-14(7-3-1)24-15-10-11-17-18(12-15)16-8-4-5-9-19(16)22-13-23-21-20(17)22;1-2-6-14(7-3-1)15-10-11-16-17-8-4-5-9-19(17)22-13-23-21-20(22)18(16)12-15;1-19(2)11-4-6-13-14-9-12(21-3)5-7-16(14)20-10-22-18-17(20)15(13)8-11;1-18-13-8-4-6-11-14(13)10-5-2-3-7-12(10)17-9-19-16-15(11)17;15-9-5-6-10-11-3-1-2-4-13(11)17-8-18-16-14(17)12(10)7-9;;;;;;/h5-10,12-17H,1-4H3;1-8,10-13H;1-8,10-13H;4-6,8-10H,1-3H3;2-6,8-9H,1H3;1-3,5-8H;;;;;;/q6*-2;;;;;;. The zero-order valence-electron chi connectivity index (χ0n) is 76.2. The quantitative estimate of drug-likeness (QED) is 0.124. The van der Waals surface area contributed by atoms with Gasteiger partial charge in [0.2, 0.25) is 0 Å². The molecule has 0 aliphatic carbocycles. The normalized spacial score (nSPS) is 14.0. The largest absolute Gasteiger partial charge is 0.554 e. The second-order valence-corrected chi connectivity index (χ2v) is 33.3. The molecule has 0 saturated heterocycles. The molecule has 0 atom stereocenters. The zero-order valence-corrected chi connectivity index (χ0v) is 90.6. The van der Waals surface area contributed by atoms with Crippen molar-refractivity contribution in [1.29, 1.82) is 0 Å². The number of anilines is 7. The summed E-state index contributed by atoms with van der Waals surface area (Å²) in [6.07, 6.45) is 0. The van der Waals surface area contributed by atoms with Crippen molar-refractivity contribution < 1.29 is 168 Å². The van der Waals surface area contributed by atoms with Gasteiger partial charge in [0.05, 0.1) is 14.2 Å². The van der Waals surface area contributed by atoms with Gasteiger partial charge in [-0.15, -0.1) is 76.4 Å². The fraction of sp³-hybridized carbons (Fsp3) is 0.0893. The zero-order chi connectivity index (χ0) is 91.5. The maximum absolute atomic E-state index is 13.4. The average Bonchev–Trinajstić information content (AvgIpc) is 1.78. The Labute approximate surface area is 898 Å². The Kier molecular flexibility index (Phi) is 31.2. The topological polar surface area (TPSA) is 180 Å². The second-order valence-electron chi connectivity index (χ2n) is 33.3. The van der Waals surface area contributed by atoms with Gasteiger partial charge in [0.15, 0.2) is 0 Å². The number of amidine groups is 6. The third-order valence-electron chi connectivity index (χ3n) is 24.6. The monoisotopic (exact) mass is 2930 g/mol. The third kappa shape index (κ3) is 18.9. The molecule has 0 saturated carbocycles. The minimum absolute atomic E-state index is 0. The molecule has 12 aliphatic rings. The van der Waals surface area contributed by atoms with Crippen molar-refractivity contribution in [2.24, 2.45) is 30.9 Å². The third-order valence-corrected chi connectivity index (χ3v) is 24.6. The van der Waals surface area contributed by atoms with Crippen LogP contribution in [0.2, 0.25) is 0 Å². The molecule has 0 aromatic heterocycles. The van der Waals surface area contributed by atoms with Crippen molar-refractivity contribution in [3.8, 4) is 112 Å². The van der Waals surface area contributed by atoms with Crippen molar-refractivity contribution in [3.05, 3.63) is 418 Å². The van der Waals surface area contributed by atoms with E-state index >= 15 is 0 Å². The van der Waals surface area contributed by atoms with Crippen molar-refractivity contribution in [2.75, 3.05) is 62.6 Å². The number of rotatable bonds is 9. The Morgan fingerprint density at radius 3 is 1.14 bits per heavy atom. The molecule has 0 fully saturated rings. The van der Waals surface area contributed by atoms with Crippen molar-refractivity contribution in [1.82, 2.24) is 0 Å². The molecule has 22 nitrogen and oxygen atoms in total. The van der Waals surface area contributed by atoms with E-state index in [0.29, 0.717) is 17.7 Å². The summed E-state index contributed by atoms with van der Waals surface area (Å²) in [7, 11) is 7.37. The van der Waals surface area contributed by atoms with E-state index in [0.717, 1.165) is 187 Å². The molecule has 12 heterocycles. The van der Waals surface area contributed by atoms with Crippen LogP contribution in [0.3, 0.4) is 0 Å². The first-order valence-electron chi connectivity index (χ1n) is 43.8. The summed E-state index contributed by atoms with van der Waals surface area (Å²) < 4.78 is 30.2. The van der Waals surface area contributed by atoms with E-state index in [4.69, 9.17) is 43.2 Å². The number of methoxy groups -OCH3 is 2. The molecule has 0 N–H and O–H groups in total. The Morgan fingerprint density at radius 1 is 0.291 bits per heavy atom. The van der Waals surface area contributed by atoms with Crippen LogP contribution in [0.25, 0.3) is 89.0 Å². The van der Waals surface area contributed by atoms with Crippen LogP contribution in [0.1, 0.15) is 84.0 Å². The van der Waals surface area contributed by atoms with Crippen LogP contribution in [0, 0.1) is 82.6 Å². The number of benzene rings is 15. The minimum Gasteiger partial charge on any atom is -0.554 e. The Morgan fingerprint density at radius 2 is 0.667 bits per heavy atom. The van der Waals surface area contributed by atoms with E-state index in [-0.39, 0.29) is 126 Å². The van der Waals surface area contributed by atoms with Crippen LogP contribution in [0.4, 0.5) is 44.2 Å². The predicted molar refractivity (Wildman–Crippen MR) is 524 cm³/mol. The smallest absolute Gasteiger partial charge is 0.148 e. The molecule has 141 heavy (non-hydrogen) atoms. The van der Waals surface area contributed by atoms with Crippen LogP contribution in [-0.4, -0.2) is 63.3 Å². The van der Waals surface area contributed by atoms with Crippen LogP contribution < -0.4 is 48.5 Å². The molecular formula is C112H80FIr6N13O9-12. The van der Waals surface area contributed by atoms with Gasteiger partial charge in [0.1, 0.15) is 58.1 Å². The maximum Gasteiger partial charge on any atom is 0.148 e. The molecule has 15 aromatic carbocycles. The molecule has 720 valence electrons. The van der Waals surface area contributed by atoms with Gasteiger partial charge in [0.25, 0.3) is 0 Å². The summed E-state index contributed by atoms with van der Waals surface area (Å²) in [4.78, 5) is 44.5. The van der Waals surface area contributed by atoms with E-state index in [1.54, 1.807) is 58.8 Å². The SMILES string of the molecule is CC(C)c1cccc(C(C)C)c1-c1ccc2c(c1)C1=NO[CH-]N1c1[c-]cccc1-2.COc1c[c-]c2c(c1)-c1ccc(N(C)C)cc1C1=NO[CH-]N12.COc1cccc2c1-c1ccc[c-]c1N1[CH-]ON=C21.Fc1ccc2c(c1)C1=NO[CH-]N1c1[c-]cccc1-2.[Ir].[Ir].[Ir].[Ir].[Ir].[Ir].[c-]1cccc2c1N1[CH-]ON=C1c1cc(-c3ccccc3)ccc1-2.[c-]1cccc2c1N1[CH-]ON=C1c1ccc(Oc3ccccc3)cc1-2. The summed E-state index contributed by atoms with van der Waals surface area (Å²) >= 11 is 0. The first-order chi connectivity index (χ1) is 66.3. The Bertz CT molecular complexity index is 7410. The number of ether oxygens (including phenoxy) is 3. The van der Waals surface area contributed by atoms with E-state index in [1.165, 1.54) is 57.8 Å². The van der Waals surface area contributed by atoms with Gasteiger partial charge in [0, 0.05) is 180 Å². The van der Waals surface area contributed by atoms with E-state index in [9.17, 15) is 4.39 Å². The number of hydrogen-bond donors (Lipinski definition) is 0. The van der Waals surface area contributed by atoms with E-state index < -0.39 is 0 Å². The second kappa shape index (κ2) is 43.6. The van der Waals surface area contributed by atoms with E-state index in [1.807, 2.05) is 190 Å². The molecule has 12 aliphatic heterocycles.